The fraction of sp³-hybridized carbons (Fsp3) is 0.211. The largest absolute Gasteiger partial charge is 0.240 e. The second-order valence-electron chi connectivity index (χ2n) is 6.41. The van der Waals surface area contributed by atoms with E-state index in [1.165, 1.54) is 6.07 Å². The molecule has 1 aromatic heterocycles. The maximum absolute atomic E-state index is 12.0. The first-order chi connectivity index (χ1) is 11.9. The molecule has 3 aromatic rings. The number of para-hydroxylation sites is 1. The third-order valence-corrected chi connectivity index (χ3v) is 4.81. The minimum Gasteiger partial charge on any atom is -0.231 e. The van der Waals surface area contributed by atoms with Gasteiger partial charge in [-0.1, -0.05) is 56.3 Å². The summed E-state index contributed by atoms with van der Waals surface area (Å²) < 4.78 is 25.7. The summed E-state index contributed by atoms with van der Waals surface area (Å²) >= 11 is 0. The molecule has 0 spiro atoms. The van der Waals surface area contributed by atoms with Gasteiger partial charge >= 0.3 is 0 Å². The number of sulfonamides is 1. The fourth-order valence-corrected chi connectivity index (χ4v) is 3.53. The number of hydrogen-bond donors (Lipinski definition) is 1. The van der Waals surface area contributed by atoms with Crippen LogP contribution in [-0.4, -0.2) is 18.2 Å². The topological polar surface area (TPSA) is 78.0 Å². The van der Waals surface area contributed by atoms with E-state index in [-0.39, 0.29) is 4.90 Å². The van der Waals surface area contributed by atoms with Crippen molar-refractivity contribution in [3.63, 3.8) is 0 Å². The van der Waals surface area contributed by atoms with Gasteiger partial charge in [-0.05, 0) is 30.5 Å². The molecule has 0 saturated carbocycles. The Kier molecular flexibility index (Phi) is 4.74. The number of aromatic nitrogens is 2. The van der Waals surface area contributed by atoms with E-state index < -0.39 is 10.0 Å². The third kappa shape index (κ3) is 3.81. The molecule has 0 fully saturated rings. The SMILES string of the molecule is CC(C)Cc1cc(-c2ccccc2)n(-c2ccccc2S(N)(=O)=O)n1. The molecule has 3 rings (SSSR count). The van der Waals surface area contributed by atoms with Crippen molar-refractivity contribution in [1.29, 1.82) is 0 Å². The average molecular weight is 355 g/mol. The van der Waals surface area contributed by atoms with Gasteiger partial charge in [-0.3, -0.25) is 0 Å². The van der Waals surface area contributed by atoms with Crippen molar-refractivity contribution in [2.45, 2.75) is 25.2 Å². The average Bonchev–Trinajstić information content (AvgIpc) is 2.98. The van der Waals surface area contributed by atoms with Crippen molar-refractivity contribution in [3.8, 4) is 16.9 Å². The monoisotopic (exact) mass is 355 g/mol. The second kappa shape index (κ2) is 6.82. The van der Waals surface area contributed by atoms with Crippen molar-refractivity contribution in [3.05, 3.63) is 66.4 Å². The van der Waals surface area contributed by atoms with Crippen LogP contribution in [0.1, 0.15) is 19.5 Å². The number of nitrogens with zero attached hydrogens (tertiary/aromatic N) is 2. The zero-order valence-corrected chi connectivity index (χ0v) is 15.1. The highest BCUT2D eigenvalue weighted by Gasteiger charge is 2.19. The van der Waals surface area contributed by atoms with Gasteiger partial charge in [0.1, 0.15) is 4.90 Å². The maximum atomic E-state index is 12.0. The Labute approximate surface area is 148 Å². The van der Waals surface area contributed by atoms with Crippen molar-refractivity contribution in [1.82, 2.24) is 9.78 Å². The van der Waals surface area contributed by atoms with Crippen LogP contribution in [0.25, 0.3) is 16.9 Å². The van der Waals surface area contributed by atoms with E-state index in [4.69, 9.17) is 5.14 Å². The Morgan fingerprint density at radius 1 is 1.04 bits per heavy atom. The lowest BCUT2D eigenvalue weighted by atomic mass is 10.1. The van der Waals surface area contributed by atoms with Gasteiger partial charge in [-0.25, -0.2) is 18.2 Å². The molecule has 0 unspecified atom stereocenters. The fourth-order valence-electron chi connectivity index (χ4n) is 2.82. The van der Waals surface area contributed by atoms with E-state index in [1.807, 2.05) is 36.4 Å². The van der Waals surface area contributed by atoms with Gasteiger partial charge in [0.15, 0.2) is 0 Å². The minimum atomic E-state index is -3.86. The lowest BCUT2D eigenvalue weighted by molar-refractivity contribution is 0.596. The molecule has 0 radical (unpaired) electrons. The van der Waals surface area contributed by atoms with E-state index in [0.29, 0.717) is 11.6 Å². The van der Waals surface area contributed by atoms with E-state index in [1.54, 1.807) is 22.9 Å². The summed E-state index contributed by atoms with van der Waals surface area (Å²) in [7, 11) is -3.86. The molecule has 0 bridgehead atoms. The Balaban J connectivity index is 2.24. The van der Waals surface area contributed by atoms with Gasteiger partial charge < -0.3 is 0 Å². The molecule has 6 heteroatoms. The molecule has 0 aliphatic rings. The Morgan fingerprint density at radius 2 is 1.68 bits per heavy atom. The molecular formula is C19H21N3O2S. The summed E-state index contributed by atoms with van der Waals surface area (Å²) in [5.41, 5.74) is 3.18. The number of benzene rings is 2. The van der Waals surface area contributed by atoms with Gasteiger partial charge in [0.05, 0.1) is 17.1 Å². The molecule has 0 aliphatic heterocycles. The standard InChI is InChI=1S/C19H21N3O2S/c1-14(2)12-16-13-18(15-8-4-3-5-9-15)22(21-16)17-10-6-7-11-19(17)25(20,23)24/h3-11,13-14H,12H2,1-2H3,(H2,20,23,24). The molecule has 1 heterocycles. The molecule has 0 amide bonds. The van der Waals surface area contributed by atoms with Crippen LogP contribution in [0, 0.1) is 5.92 Å². The number of primary sulfonamides is 1. The van der Waals surface area contributed by atoms with Gasteiger partial charge in [0.2, 0.25) is 10.0 Å². The highest BCUT2D eigenvalue weighted by atomic mass is 32.2. The highest BCUT2D eigenvalue weighted by molar-refractivity contribution is 7.89. The van der Waals surface area contributed by atoms with Gasteiger partial charge in [-0.15, -0.1) is 0 Å². The number of nitrogens with two attached hydrogens (primary N) is 1. The summed E-state index contributed by atoms with van der Waals surface area (Å²) in [5.74, 6) is 0.445. The summed E-state index contributed by atoms with van der Waals surface area (Å²) in [6, 6.07) is 18.5. The van der Waals surface area contributed by atoms with E-state index in [9.17, 15) is 8.42 Å². The van der Waals surface area contributed by atoms with Crippen LogP contribution in [0.4, 0.5) is 0 Å². The molecule has 130 valence electrons. The van der Waals surface area contributed by atoms with Gasteiger partial charge in [0.25, 0.3) is 0 Å². The van der Waals surface area contributed by atoms with Crippen LogP contribution in [0.15, 0.2) is 65.6 Å². The lowest BCUT2D eigenvalue weighted by Crippen LogP contribution is -2.16. The van der Waals surface area contributed by atoms with Crippen molar-refractivity contribution < 1.29 is 8.42 Å². The maximum Gasteiger partial charge on any atom is 0.240 e. The van der Waals surface area contributed by atoms with E-state index in [2.05, 4.69) is 18.9 Å². The quantitative estimate of drug-likeness (QED) is 0.762. The predicted molar refractivity (Wildman–Crippen MR) is 98.9 cm³/mol. The Hall–Kier alpha value is -2.44. The molecule has 2 N–H and O–H groups in total. The zero-order chi connectivity index (χ0) is 18.0. The second-order valence-corrected chi connectivity index (χ2v) is 7.94. The molecule has 0 aliphatic carbocycles. The van der Waals surface area contributed by atoms with Gasteiger partial charge in [0, 0.05) is 5.56 Å². The molecule has 2 aromatic carbocycles. The smallest absolute Gasteiger partial charge is 0.231 e. The molecule has 5 nitrogen and oxygen atoms in total. The first kappa shape index (κ1) is 17.4. The van der Waals surface area contributed by atoms with Crippen molar-refractivity contribution in [2.24, 2.45) is 11.1 Å². The molecule has 0 saturated heterocycles. The number of hydrogen-bond acceptors (Lipinski definition) is 3. The first-order valence-corrected chi connectivity index (χ1v) is 9.67. The van der Waals surface area contributed by atoms with Crippen molar-refractivity contribution in [2.75, 3.05) is 0 Å². The van der Waals surface area contributed by atoms with Crippen LogP contribution >= 0.6 is 0 Å². The van der Waals surface area contributed by atoms with Crippen LogP contribution in [0.2, 0.25) is 0 Å². The Bertz CT molecular complexity index is 977. The highest BCUT2D eigenvalue weighted by Crippen LogP contribution is 2.27. The normalized spacial score (nSPS) is 11.8. The van der Waals surface area contributed by atoms with Crippen molar-refractivity contribution >= 4 is 10.0 Å². The number of rotatable bonds is 5. The van der Waals surface area contributed by atoms with E-state index >= 15 is 0 Å². The minimum absolute atomic E-state index is 0.0615. The zero-order valence-electron chi connectivity index (χ0n) is 14.3. The van der Waals surface area contributed by atoms with Crippen LogP contribution in [0.5, 0.6) is 0 Å². The predicted octanol–water partition coefficient (Wildman–Crippen LogP) is 3.39. The molecule has 0 atom stereocenters. The lowest BCUT2D eigenvalue weighted by Gasteiger charge is -2.11. The summed E-state index contributed by atoms with van der Waals surface area (Å²) in [6.45, 7) is 4.25. The van der Waals surface area contributed by atoms with Crippen LogP contribution in [-0.2, 0) is 16.4 Å². The molecule has 25 heavy (non-hydrogen) atoms. The van der Waals surface area contributed by atoms with E-state index in [0.717, 1.165) is 23.4 Å². The summed E-state index contributed by atoms with van der Waals surface area (Å²) in [6.07, 6.45) is 0.810. The Morgan fingerprint density at radius 3 is 2.32 bits per heavy atom. The third-order valence-electron chi connectivity index (χ3n) is 3.85. The summed E-state index contributed by atoms with van der Waals surface area (Å²) in [4.78, 5) is 0.0615. The molecular weight excluding hydrogens is 334 g/mol. The van der Waals surface area contributed by atoms with Crippen LogP contribution in [0.3, 0.4) is 0 Å². The van der Waals surface area contributed by atoms with Crippen LogP contribution < -0.4 is 5.14 Å². The summed E-state index contributed by atoms with van der Waals surface area (Å²) in [5, 5.41) is 10.1. The first-order valence-electron chi connectivity index (χ1n) is 8.13. The van der Waals surface area contributed by atoms with Gasteiger partial charge in [-0.2, -0.15) is 5.10 Å².